The summed E-state index contributed by atoms with van der Waals surface area (Å²) in [4.78, 5) is 4.16. The standard InChI is InChI=1S/C8H9N3S/c1-5(3-9)8(10)7-4-12-6(2)11-7/h4H,10H2,1-2H3/b8-5-. The van der Waals surface area contributed by atoms with E-state index in [0.29, 0.717) is 17.0 Å². The molecule has 0 spiro atoms. The van der Waals surface area contributed by atoms with Gasteiger partial charge in [-0.1, -0.05) is 0 Å². The number of allylic oxidation sites excluding steroid dienone is 1. The Morgan fingerprint density at radius 3 is 2.83 bits per heavy atom. The maximum absolute atomic E-state index is 8.56. The van der Waals surface area contributed by atoms with E-state index in [9.17, 15) is 0 Å². The Bertz CT molecular complexity index is 357. The number of nitrogens with two attached hydrogens (primary N) is 1. The molecular weight excluding hydrogens is 170 g/mol. The maximum Gasteiger partial charge on any atom is 0.0981 e. The van der Waals surface area contributed by atoms with Gasteiger partial charge in [0, 0.05) is 5.38 Å². The molecule has 12 heavy (non-hydrogen) atoms. The Morgan fingerprint density at radius 2 is 2.42 bits per heavy atom. The molecular formula is C8H9N3S. The Morgan fingerprint density at radius 1 is 1.75 bits per heavy atom. The van der Waals surface area contributed by atoms with Crippen molar-refractivity contribution in [1.29, 1.82) is 5.26 Å². The topological polar surface area (TPSA) is 62.7 Å². The van der Waals surface area contributed by atoms with Crippen molar-refractivity contribution in [2.75, 3.05) is 0 Å². The molecule has 0 aromatic carbocycles. The van der Waals surface area contributed by atoms with Gasteiger partial charge in [0.15, 0.2) is 0 Å². The quantitative estimate of drug-likeness (QED) is 0.667. The number of nitrogens with zero attached hydrogens (tertiary/aromatic N) is 2. The van der Waals surface area contributed by atoms with Crippen LogP contribution in [0, 0.1) is 18.3 Å². The first-order valence-corrected chi connectivity index (χ1v) is 4.32. The second-order valence-corrected chi connectivity index (χ2v) is 3.46. The number of thiazole rings is 1. The van der Waals surface area contributed by atoms with Crippen LogP contribution in [0.5, 0.6) is 0 Å². The Balaban J connectivity index is 3.09. The summed E-state index contributed by atoms with van der Waals surface area (Å²) >= 11 is 1.53. The summed E-state index contributed by atoms with van der Waals surface area (Å²) in [6.07, 6.45) is 0. The molecule has 0 fully saturated rings. The van der Waals surface area contributed by atoms with Crippen molar-refractivity contribution in [3.05, 3.63) is 21.7 Å². The van der Waals surface area contributed by atoms with E-state index >= 15 is 0 Å². The summed E-state index contributed by atoms with van der Waals surface area (Å²) in [6, 6.07) is 1.99. The van der Waals surface area contributed by atoms with Gasteiger partial charge in [-0.15, -0.1) is 11.3 Å². The third-order valence-corrected chi connectivity index (χ3v) is 2.24. The fourth-order valence-electron chi connectivity index (χ4n) is 0.739. The average Bonchev–Trinajstić information content (AvgIpc) is 2.49. The van der Waals surface area contributed by atoms with E-state index in [0.717, 1.165) is 5.01 Å². The van der Waals surface area contributed by atoms with Gasteiger partial charge >= 0.3 is 0 Å². The first-order chi connectivity index (χ1) is 5.65. The minimum absolute atomic E-state index is 0.474. The molecule has 0 radical (unpaired) electrons. The fourth-order valence-corrected chi connectivity index (χ4v) is 1.35. The van der Waals surface area contributed by atoms with E-state index < -0.39 is 0 Å². The first-order valence-electron chi connectivity index (χ1n) is 3.44. The van der Waals surface area contributed by atoms with E-state index in [4.69, 9.17) is 11.0 Å². The number of aromatic nitrogens is 1. The predicted molar refractivity (Wildman–Crippen MR) is 49.2 cm³/mol. The average molecular weight is 179 g/mol. The highest BCUT2D eigenvalue weighted by molar-refractivity contribution is 7.09. The van der Waals surface area contributed by atoms with Gasteiger partial charge in [-0.05, 0) is 13.8 Å². The number of hydrogen-bond acceptors (Lipinski definition) is 4. The Hall–Kier alpha value is -1.34. The number of hydrogen-bond donors (Lipinski definition) is 1. The molecule has 0 atom stereocenters. The second kappa shape index (κ2) is 3.37. The van der Waals surface area contributed by atoms with Crippen molar-refractivity contribution in [2.24, 2.45) is 5.73 Å². The molecule has 2 N–H and O–H groups in total. The summed E-state index contributed by atoms with van der Waals surface area (Å²) in [7, 11) is 0. The van der Waals surface area contributed by atoms with Gasteiger partial charge in [0.1, 0.15) is 0 Å². The summed E-state index contributed by atoms with van der Waals surface area (Å²) < 4.78 is 0. The molecule has 0 aliphatic rings. The molecule has 0 saturated carbocycles. The minimum atomic E-state index is 0.474. The van der Waals surface area contributed by atoms with Crippen molar-refractivity contribution in [3.8, 4) is 6.07 Å². The van der Waals surface area contributed by atoms with Crippen LogP contribution in [0.15, 0.2) is 11.0 Å². The Kier molecular flexibility index (Phi) is 2.46. The molecule has 0 aliphatic carbocycles. The highest BCUT2D eigenvalue weighted by Crippen LogP contribution is 2.15. The molecule has 0 aliphatic heterocycles. The van der Waals surface area contributed by atoms with Crippen LogP contribution >= 0.6 is 11.3 Å². The molecule has 0 bridgehead atoms. The van der Waals surface area contributed by atoms with E-state index in [1.165, 1.54) is 11.3 Å². The van der Waals surface area contributed by atoms with E-state index in [-0.39, 0.29) is 0 Å². The molecule has 1 heterocycles. The zero-order valence-corrected chi connectivity index (χ0v) is 7.77. The first kappa shape index (κ1) is 8.75. The molecule has 0 saturated heterocycles. The largest absolute Gasteiger partial charge is 0.396 e. The van der Waals surface area contributed by atoms with Crippen LogP contribution < -0.4 is 5.73 Å². The number of nitriles is 1. The van der Waals surface area contributed by atoms with Gasteiger partial charge in [0.05, 0.1) is 28.0 Å². The Labute approximate surface area is 75.2 Å². The van der Waals surface area contributed by atoms with Gasteiger partial charge in [0.2, 0.25) is 0 Å². The van der Waals surface area contributed by atoms with Crippen LogP contribution in [-0.2, 0) is 0 Å². The smallest absolute Gasteiger partial charge is 0.0981 e. The van der Waals surface area contributed by atoms with Crippen molar-refractivity contribution in [3.63, 3.8) is 0 Å². The van der Waals surface area contributed by atoms with Crippen LogP contribution in [0.3, 0.4) is 0 Å². The third-order valence-electron chi connectivity index (χ3n) is 1.47. The number of aryl methyl sites for hydroxylation is 1. The normalized spacial score (nSPS) is 12.1. The second-order valence-electron chi connectivity index (χ2n) is 2.40. The van der Waals surface area contributed by atoms with Gasteiger partial charge in [-0.3, -0.25) is 0 Å². The van der Waals surface area contributed by atoms with Crippen LogP contribution in [0.4, 0.5) is 0 Å². The molecule has 4 heteroatoms. The van der Waals surface area contributed by atoms with Crippen LogP contribution in [-0.4, -0.2) is 4.98 Å². The molecule has 0 unspecified atom stereocenters. The lowest BCUT2D eigenvalue weighted by molar-refractivity contribution is 1.23. The number of rotatable bonds is 1. The van der Waals surface area contributed by atoms with Gasteiger partial charge in [-0.25, -0.2) is 4.98 Å². The van der Waals surface area contributed by atoms with Crippen LogP contribution in [0.1, 0.15) is 17.6 Å². The third kappa shape index (κ3) is 1.63. The summed E-state index contributed by atoms with van der Waals surface area (Å²) in [5.41, 5.74) is 7.36. The summed E-state index contributed by atoms with van der Waals surface area (Å²) in [5, 5.41) is 11.4. The minimum Gasteiger partial charge on any atom is -0.396 e. The van der Waals surface area contributed by atoms with E-state index in [2.05, 4.69) is 4.98 Å². The van der Waals surface area contributed by atoms with Crippen molar-refractivity contribution in [2.45, 2.75) is 13.8 Å². The lowest BCUT2D eigenvalue weighted by atomic mass is 10.2. The van der Waals surface area contributed by atoms with Crippen molar-refractivity contribution in [1.82, 2.24) is 4.98 Å². The highest BCUT2D eigenvalue weighted by Gasteiger charge is 2.03. The lowest BCUT2D eigenvalue weighted by Crippen LogP contribution is -1.99. The lowest BCUT2D eigenvalue weighted by Gasteiger charge is -1.95. The monoisotopic (exact) mass is 179 g/mol. The van der Waals surface area contributed by atoms with Gasteiger partial charge < -0.3 is 5.73 Å². The predicted octanol–water partition coefficient (Wildman–Crippen LogP) is 1.66. The SMILES string of the molecule is C/C(C#N)=C(/N)c1csc(C)n1. The zero-order valence-electron chi connectivity index (χ0n) is 6.96. The van der Waals surface area contributed by atoms with Crippen molar-refractivity contribution < 1.29 is 0 Å². The van der Waals surface area contributed by atoms with Crippen LogP contribution in [0.2, 0.25) is 0 Å². The maximum atomic E-state index is 8.56. The van der Waals surface area contributed by atoms with Crippen LogP contribution in [0.25, 0.3) is 5.70 Å². The fraction of sp³-hybridized carbons (Fsp3) is 0.250. The molecule has 0 amide bonds. The molecule has 1 rings (SSSR count). The van der Waals surface area contributed by atoms with Gasteiger partial charge in [0.25, 0.3) is 0 Å². The van der Waals surface area contributed by atoms with Gasteiger partial charge in [-0.2, -0.15) is 5.26 Å². The highest BCUT2D eigenvalue weighted by atomic mass is 32.1. The van der Waals surface area contributed by atoms with E-state index in [1.54, 1.807) is 6.92 Å². The zero-order chi connectivity index (χ0) is 9.14. The molecule has 62 valence electrons. The molecule has 1 aromatic heterocycles. The molecule has 3 nitrogen and oxygen atoms in total. The summed E-state index contributed by atoms with van der Waals surface area (Å²) in [5.74, 6) is 0. The van der Waals surface area contributed by atoms with E-state index in [1.807, 2.05) is 18.4 Å². The molecule has 1 aromatic rings. The summed E-state index contributed by atoms with van der Waals surface area (Å²) in [6.45, 7) is 3.59. The van der Waals surface area contributed by atoms with Crippen molar-refractivity contribution >= 4 is 17.0 Å².